The lowest BCUT2D eigenvalue weighted by molar-refractivity contribution is -0.129. The fourth-order valence-electron chi connectivity index (χ4n) is 3.03. The van der Waals surface area contributed by atoms with Gasteiger partial charge in [-0.2, -0.15) is 4.31 Å². The molecule has 2 amide bonds. The van der Waals surface area contributed by atoms with Gasteiger partial charge in [-0.05, 0) is 44.0 Å². The number of carbonyl (C=O) groups excluding carboxylic acids is 2. The van der Waals surface area contributed by atoms with E-state index in [1.807, 2.05) is 0 Å². The van der Waals surface area contributed by atoms with Crippen LogP contribution < -0.4 is 10.6 Å². The number of hydrogen-bond donors (Lipinski definition) is 2. The van der Waals surface area contributed by atoms with Crippen molar-refractivity contribution in [2.45, 2.75) is 30.7 Å². The molecule has 11 heteroatoms. The van der Waals surface area contributed by atoms with Gasteiger partial charge in [0, 0.05) is 24.7 Å². The van der Waals surface area contributed by atoms with E-state index in [4.69, 9.17) is 0 Å². The molecule has 1 saturated heterocycles. The Hall–Kier alpha value is -2.37. The van der Waals surface area contributed by atoms with Crippen LogP contribution in [0.15, 0.2) is 40.7 Å². The maximum absolute atomic E-state index is 13.1. The molecule has 2 atom stereocenters. The number of halogens is 1. The first-order valence-electron chi connectivity index (χ1n) is 9.04. The second-order valence-corrected chi connectivity index (χ2v) is 9.55. The van der Waals surface area contributed by atoms with Crippen molar-refractivity contribution in [3.63, 3.8) is 0 Å². The topological polar surface area (TPSA) is 108 Å². The number of carbonyl (C=O) groups is 2. The molecule has 1 aliphatic heterocycles. The Kier molecular flexibility index (Phi) is 6.60. The Labute approximate surface area is 172 Å². The van der Waals surface area contributed by atoms with Crippen LogP contribution in [-0.4, -0.2) is 48.7 Å². The number of thiazole rings is 1. The van der Waals surface area contributed by atoms with Gasteiger partial charge in [-0.25, -0.2) is 17.8 Å². The number of piperidine rings is 1. The number of rotatable bonds is 6. The normalized spacial score (nSPS) is 18.8. The molecule has 1 aromatic carbocycles. The van der Waals surface area contributed by atoms with Crippen LogP contribution in [0.5, 0.6) is 0 Å². The molecule has 0 aliphatic carbocycles. The fourth-order valence-corrected chi connectivity index (χ4v) is 5.08. The monoisotopic (exact) mass is 440 g/mol. The zero-order valence-electron chi connectivity index (χ0n) is 15.7. The van der Waals surface area contributed by atoms with Crippen LogP contribution >= 0.6 is 11.3 Å². The van der Waals surface area contributed by atoms with Gasteiger partial charge in [0.25, 0.3) is 0 Å². The van der Waals surface area contributed by atoms with Crippen LogP contribution in [0.1, 0.15) is 19.8 Å². The predicted molar refractivity (Wildman–Crippen MR) is 106 cm³/mol. The quantitative estimate of drug-likeness (QED) is 0.712. The van der Waals surface area contributed by atoms with Crippen LogP contribution in [0.2, 0.25) is 0 Å². The summed E-state index contributed by atoms with van der Waals surface area (Å²) in [5, 5.41) is 7.40. The number of sulfonamides is 1. The van der Waals surface area contributed by atoms with E-state index in [-0.39, 0.29) is 23.9 Å². The van der Waals surface area contributed by atoms with Crippen LogP contribution in [0.3, 0.4) is 0 Å². The molecule has 0 bridgehead atoms. The third-order valence-corrected chi connectivity index (χ3v) is 7.19. The molecule has 29 heavy (non-hydrogen) atoms. The number of nitrogens with zero attached hydrogens (tertiary/aromatic N) is 2. The number of amides is 2. The first kappa shape index (κ1) is 21.3. The number of nitrogens with one attached hydrogen (secondary N) is 2. The number of benzene rings is 1. The summed E-state index contributed by atoms with van der Waals surface area (Å²) in [7, 11) is -3.82. The molecule has 2 heterocycles. The van der Waals surface area contributed by atoms with Gasteiger partial charge < -0.3 is 10.6 Å². The summed E-state index contributed by atoms with van der Waals surface area (Å²) in [4.78, 5) is 28.7. The third-order valence-electron chi connectivity index (χ3n) is 4.62. The van der Waals surface area contributed by atoms with Crippen molar-refractivity contribution < 1.29 is 22.4 Å². The van der Waals surface area contributed by atoms with E-state index in [1.165, 1.54) is 27.8 Å². The molecule has 0 spiro atoms. The van der Waals surface area contributed by atoms with Crippen molar-refractivity contribution in [3.05, 3.63) is 41.7 Å². The van der Waals surface area contributed by atoms with Gasteiger partial charge in [0.05, 0.1) is 10.8 Å². The van der Waals surface area contributed by atoms with Crippen LogP contribution in [0, 0.1) is 11.7 Å². The van der Waals surface area contributed by atoms with E-state index in [0.717, 1.165) is 12.1 Å². The minimum Gasteiger partial charge on any atom is -0.344 e. The smallest absolute Gasteiger partial charge is 0.248 e. The molecule has 156 valence electrons. The van der Waals surface area contributed by atoms with Gasteiger partial charge in [0.2, 0.25) is 21.8 Å². The van der Waals surface area contributed by atoms with E-state index < -0.39 is 33.7 Å². The highest BCUT2D eigenvalue weighted by Gasteiger charge is 2.34. The number of anilines is 1. The van der Waals surface area contributed by atoms with E-state index in [9.17, 15) is 22.4 Å². The van der Waals surface area contributed by atoms with Gasteiger partial charge in [0.1, 0.15) is 11.9 Å². The predicted octanol–water partition coefficient (Wildman–Crippen LogP) is 1.83. The Morgan fingerprint density at radius 3 is 2.69 bits per heavy atom. The lowest BCUT2D eigenvalue weighted by Gasteiger charge is -2.31. The Balaban J connectivity index is 1.61. The number of aromatic nitrogens is 1. The molecule has 8 nitrogen and oxygen atoms in total. The van der Waals surface area contributed by atoms with E-state index in [1.54, 1.807) is 18.5 Å². The maximum Gasteiger partial charge on any atom is 0.248 e. The lowest BCUT2D eigenvalue weighted by Crippen LogP contribution is -2.49. The van der Waals surface area contributed by atoms with Gasteiger partial charge in [-0.3, -0.25) is 9.59 Å². The summed E-state index contributed by atoms with van der Waals surface area (Å²) >= 11 is 1.26. The molecule has 1 fully saturated rings. The minimum atomic E-state index is -3.82. The van der Waals surface area contributed by atoms with Gasteiger partial charge in [-0.15, -0.1) is 11.3 Å². The molecule has 2 aromatic rings. The second kappa shape index (κ2) is 8.97. The highest BCUT2D eigenvalue weighted by Crippen LogP contribution is 2.24. The van der Waals surface area contributed by atoms with Crippen LogP contribution in [0.25, 0.3) is 0 Å². The largest absolute Gasteiger partial charge is 0.344 e. The van der Waals surface area contributed by atoms with E-state index in [0.29, 0.717) is 18.0 Å². The summed E-state index contributed by atoms with van der Waals surface area (Å²) in [5.41, 5.74) is 0. The standard InChI is InChI=1S/C18H21FN4O4S2/c1-12(16(24)22-18-20-8-10-28-18)21-17(25)13-3-2-9-23(11-13)29(26,27)15-6-4-14(19)5-7-15/h4-8,10,12-13H,2-3,9,11H2,1H3,(H,21,25)(H,20,22,24)/t12-,13?/m0/s1. The third kappa shape index (κ3) is 5.17. The van der Waals surface area contributed by atoms with Crippen molar-refractivity contribution in [1.29, 1.82) is 0 Å². The Morgan fingerprint density at radius 1 is 1.31 bits per heavy atom. The first-order valence-corrected chi connectivity index (χ1v) is 11.4. The zero-order valence-corrected chi connectivity index (χ0v) is 17.3. The Bertz CT molecular complexity index is 964. The fraction of sp³-hybridized carbons (Fsp3) is 0.389. The summed E-state index contributed by atoms with van der Waals surface area (Å²) in [5.74, 6) is -1.88. The molecule has 0 saturated carbocycles. The molecule has 3 rings (SSSR count). The molecule has 1 aliphatic rings. The lowest BCUT2D eigenvalue weighted by atomic mass is 9.98. The van der Waals surface area contributed by atoms with E-state index in [2.05, 4.69) is 15.6 Å². The zero-order chi connectivity index (χ0) is 21.0. The molecule has 1 aromatic heterocycles. The number of hydrogen-bond acceptors (Lipinski definition) is 6. The Morgan fingerprint density at radius 2 is 2.03 bits per heavy atom. The van der Waals surface area contributed by atoms with Crippen molar-refractivity contribution in [3.8, 4) is 0 Å². The highest BCUT2D eigenvalue weighted by molar-refractivity contribution is 7.89. The van der Waals surface area contributed by atoms with Crippen LogP contribution in [-0.2, 0) is 19.6 Å². The summed E-state index contributed by atoms with van der Waals surface area (Å²) < 4.78 is 39.9. The first-order chi connectivity index (χ1) is 13.8. The van der Waals surface area contributed by atoms with Crippen molar-refractivity contribution in [2.75, 3.05) is 18.4 Å². The van der Waals surface area contributed by atoms with E-state index >= 15 is 0 Å². The van der Waals surface area contributed by atoms with Crippen LogP contribution in [0.4, 0.5) is 9.52 Å². The molecular weight excluding hydrogens is 419 g/mol. The summed E-state index contributed by atoms with van der Waals surface area (Å²) in [6, 6.07) is 3.79. The SMILES string of the molecule is C[C@H](NC(=O)C1CCCN(S(=O)(=O)c2ccc(F)cc2)C1)C(=O)Nc1nccs1. The van der Waals surface area contributed by atoms with Gasteiger partial charge >= 0.3 is 0 Å². The average Bonchev–Trinajstić information content (AvgIpc) is 3.21. The van der Waals surface area contributed by atoms with Crippen molar-refractivity contribution in [1.82, 2.24) is 14.6 Å². The second-order valence-electron chi connectivity index (χ2n) is 6.71. The summed E-state index contributed by atoms with van der Waals surface area (Å²) in [6.07, 6.45) is 2.59. The molecule has 2 N–H and O–H groups in total. The molecule has 1 unspecified atom stereocenters. The highest BCUT2D eigenvalue weighted by atomic mass is 32.2. The molecule has 0 radical (unpaired) electrons. The average molecular weight is 441 g/mol. The molecular formula is C18H21FN4O4S2. The summed E-state index contributed by atoms with van der Waals surface area (Å²) in [6.45, 7) is 1.84. The maximum atomic E-state index is 13.1. The van der Waals surface area contributed by atoms with Crippen molar-refractivity contribution >= 4 is 38.3 Å². The van der Waals surface area contributed by atoms with Gasteiger partial charge in [-0.1, -0.05) is 0 Å². The van der Waals surface area contributed by atoms with Crippen molar-refractivity contribution in [2.24, 2.45) is 5.92 Å². The minimum absolute atomic E-state index is 0.00631. The van der Waals surface area contributed by atoms with Gasteiger partial charge in [0.15, 0.2) is 5.13 Å².